The number of benzene rings is 7. The Labute approximate surface area is 297 Å². The van der Waals surface area contributed by atoms with Gasteiger partial charge in [0.05, 0.1) is 35.6 Å². The largest absolute Gasteiger partial charge is 0.302 e. The van der Waals surface area contributed by atoms with Gasteiger partial charge in [-0.15, -0.1) is 0 Å². The summed E-state index contributed by atoms with van der Waals surface area (Å²) in [6, 6.07) is 55.6. The van der Waals surface area contributed by atoms with Crippen molar-refractivity contribution in [3.8, 4) is 11.1 Å². The van der Waals surface area contributed by atoms with E-state index >= 15 is 9.59 Å². The number of carbonyl (C=O) groups is 2. The average Bonchev–Trinajstić information content (AvgIpc) is 3.61. The van der Waals surface area contributed by atoms with E-state index in [0.717, 1.165) is 60.5 Å². The molecule has 51 heavy (non-hydrogen) atoms. The van der Waals surface area contributed by atoms with E-state index in [1.54, 1.807) is 0 Å². The third-order valence-electron chi connectivity index (χ3n) is 10.1. The number of amides is 2. The van der Waals surface area contributed by atoms with Crippen LogP contribution in [0.3, 0.4) is 0 Å². The zero-order valence-corrected chi connectivity index (χ0v) is 28.2. The van der Waals surface area contributed by atoms with Crippen molar-refractivity contribution in [1.82, 2.24) is 9.80 Å². The predicted molar refractivity (Wildman–Crippen MR) is 206 cm³/mol. The van der Waals surface area contributed by atoms with Gasteiger partial charge in [0, 0.05) is 0 Å². The van der Waals surface area contributed by atoms with Crippen molar-refractivity contribution < 1.29 is 9.59 Å². The molecule has 7 aromatic carbocycles. The van der Waals surface area contributed by atoms with Gasteiger partial charge in [-0.1, -0.05) is 157 Å². The summed E-state index contributed by atoms with van der Waals surface area (Å²) >= 11 is 0. The minimum Gasteiger partial charge on any atom is -0.302 e. The molecule has 0 atom stereocenters. The number of nitrogens with zero attached hydrogens (tertiary/aromatic N) is 2. The fourth-order valence-electron chi connectivity index (χ4n) is 7.69. The van der Waals surface area contributed by atoms with Crippen molar-refractivity contribution in [2.45, 2.75) is 20.0 Å². The van der Waals surface area contributed by atoms with Gasteiger partial charge in [-0.2, -0.15) is 0 Å². The minimum atomic E-state index is -0.167. The van der Waals surface area contributed by atoms with Crippen molar-refractivity contribution in [3.63, 3.8) is 0 Å². The highest BCUT2D eigenvalue weighted by Gasteiger charge is 2.49. The predicted octanol–water partition coefficient (Wildman–Crippen LogP) is 10.2. The monoisotopic (exact) mass is 658 g/mol. The molecule has 0 aromatic heterocycles. The molecule has 0 saturated heterocycles. The molecule has 9 rings (SSSR count). The highest BCUT2D eigenvalue weighted by Crippen LogP contribution is 2.48. The van der Waals surface area contributed by atoms with Crippen molar-refractivity contribution in [2.75, 3.05) is 0 Å². The quantitative estimate of drug-likeness (QED) is 0.171. The molecule has 2 heterocycles. The molecule has 0 N–H and O–H groups in total. The zero-order valence-electron chi connectivity index (χ0n) is 28.2. The van der Waals surface area contributed by atoms with Gasteiger partial charge >= 0.3 is 0 Å². The maximum atomic E-state index is 15.2. The highest BCUT2D eigenvalue weighted by molar-refractivity contribution is 6.30. The van der Waals surface area contributed by atoms with E-state index in [-0.39, 0.29) is 11.8 Å². The fourth-order valence-corrected chi connectivity index (χ4v) is 7.69. The van der Waals surface area contributed by atoms with Crippen LogP contribution in [0.15, 0.2) is 175 Å². The van der Waals surface area contributed by atoms with E-state index in [4.69, 9.17) is 0 Å². The lowest BCUT2D eigenvalue weighted by atomic mass is 9.98. The molecule has 0 aliphatic carbocycles. The van der Waals surface area contributed by atoms with Crippen molar-refractivity contribution >= 4 is 44.8 Å². The summed E-state index contributed by atoms with van der Waals surface area (Å²) in [6.07, 6.45) is 0. The zero-order chi connectivity index (χ0) is 34.5. The smallest absolute Gasteiger partial charge is 0.261 e. The second-order valence-electron chi connectivity index (χ2n) is 13.4. The standard InChI is InChI=1S/C47H34N2O2/c1-31-12-11-13-32(26-31)29-48-44(38-24-22-33-14-5-7-18-36(33)27-38)42-43(46(48)50)45(39-25-23-34-15-6-8-19-37(34)28-39)49(47(42)51)30-40-20-9-10-21-41(40)35-16-3-2-4-17-35/h2-28H,29-30H2,1H3. The number of rotatable bonds is 7. The van der Waals surface area contributed by atoms with Gasteiger partial charge in [0.2, 0.25) is 0 Å². The van der Waals surface area contributed by atoms with Crippen molar-refractivity contribution in [2.24, 2.45) is 0 Å². The van der Waals surface area contributed by atoms with E-state index < -0.39 is 0 Å². The first-order chi connectivity index (χ1) is 25.0. The molecule has 0 spiro atoms. The Morgan fingerprint density at radius 1 is 0.431 bits per heavy atom. The summed E-state index contributed by atoms with van der Waals surface area (Å²) in [5.74, 6) is -0.329. The molecular weight excluding hydrogens is 625 g/mol. The maximum absolute atomic E-state index is 15.2. The van der Waals surface area contributed by atoms with Crippen LogP contribution in [0.2, 0.25) is 0 Å². The van der Waals surface area contributed by atoms with Gasteiger partial charge in [0.25, 0.3) is 11.8 Å². The van der Waals surface area contributed by atoms with Crippen LogP contribution in [-0.2, 0) is 22.7 Å². The fraction of sp³-hybridized carbons (Fsp3) is 0.0638. The molecule has 0 saturated carbocycles. The molecule has 4 nitrogen and oxygen atoms in total. The molecule has 2 aliphatic heterocycles. The van der Waals surface area contributed by atoms with E-state index in [9.17, 15) is 0 Å². The van der Waals surface area contributed by atoms with Gasteiger partial charge in [0.15, 0.2) is 0 Å². The normalized spacial score (nSPS) is 14.4. The van der Waals surface area contributed by atoms with Crippen LogP contribution in [0.25, 0.3) is 44.1 Å². The molecule has 2 aliphatic rings. The second kappa shape index (κ2) is 12.4. The minimum absolute atomic E-state index is 0.162. The first kappa shape index (κ1) is 30.5. The van der Waals surface area contributed by atoms with E-state index in [1.807, 2.05) is 88.7 Å². The van der Waals surface area contributed by atoms with Crippen LogP contribution in [0.1, 0.15) is 27.8 Å². The van der Waals surface area contributed by atoms with Gasteiger partial charge < -0.3 is 9.80 Å². The van der Waals surface area contributed by atoms with Crippen molar-refractivity contribution in [1.29, 1.82) is 0 Å². The lowest BCUT2D eigenvalue weighted by molar-refractivity contribution is -0.124. The van der Waals surface area contributed by atoms with Crippen LogP contribution in [0.4, 0.5) is 0 Å². The third-order valence-corrected chi connectivity index (χ3v) is 10.1. The van der Waals surface area contributed by atoms with Gasteiger partial charge in [-0.05, 0) is 74.0 Å². The summed E-state index contributed by atoms with van der Waals surface area (Å²) in [4.78, 5) is 33.9. The maximum Gasteiger partial charge on any atom is 0.261 e. The number of hydrogen-bond acceptors (Lipinski definition) is 2. The molecule has 4 heteroatoms. The molecule has 0 fully saturated rings. The van der Waals surface area contributed by atoms with Crippen LogP contribution in [0.5, 0.6) is 0 Å². The van der Waals surface area contributed by atoms with Crippen LogP contribution in [-0.4, -0.2) is 21.6 Å². The summed E-state index contributed by atoms with van der Waals surface area (Å²) in [5, 5.41) is 4.31. The van der Waals surface area contributed by atoms with Crippen LogP contribution >= 0.6 is 0 Å². The molecule has 0 unspecified atom stereocenters. The Morgan fingerprint density at radius 2 is 0.961 bits per heavy atom. The highest BCUT2D eigenvalue weighted by atomic mass is 16.2. The SMILES string of the molecule is Cc1cccc(CN2C(=O)C3=C(c4ccc5ccccc5c4)N(Cc4ccccc4-c4ccccc4)C(=O)C3=C2c2ccc3ccccc3c2)c1. The molecular formula is C47H34N2O2. The molecule has 244 valence electrons. The number of hydrogen-bond donors (Lipinski definition) is 0. The average molecular weight is 659 g/mol. The van der Waals surface area contributed by atoms with Gasteiger partial charge in [-0.25, -0.2) is 0 Å². The van der Waals surface area contributed by atoms with Crippen molar-refractivity contribution in [3.05, 3.63) is 203 Å². The van der Waals surface area contributed by atoms with Gasteiger partial charge in [0.1, 0.15) is 0 Å². The Hall–Kier alpha value is -6.52. The first-order valence-corrected chi connectivity index (χ1v) is 17.3. The Kier molecular flexibility index (Phi) is 7.44. The number of fused-ring (bicyclic) bond motifs is 3. The van der Waals surface area contributed by atoms with Gasteiger partial charge in [-0.3, -0.25) is 9.59 Å². The summed E-state index contributed by atoms with van der Waals surface area (Å²) in [5.41, 5.74) is 9.19. The Morgan fingerprint density at radius 3 is 1.57 bits per heavy atom. The third kappa shape index (κ3) is 5.33. The number of carbonyl (C=O) groups excluding carboxylic acids is 2. The Balaban J connectivity index is 1.28. The summed E-state index contributed by atoms with van der Waals surface area (Å²) < 4.78 is 0. The van der Waals surface area contributed by atoms with Crippen LogP contribution < -0.4 is 0 Å². The van der Waals surface area contributed by atoms with E-state index in [2.05, 4.69) is 91.9 Å². The summed E-state index contributed by atoms with van der Waals surface area (Å²) in [6.45, 7) is 2.72. The number of aryl methyl sites for hydroxylation is 1. The van der Waals surface area contributed by atoms with E-state index in [1.165, 1.54) is 0 Å². The Bertz CT molecular complexity index is 2600. The molecule has 7 aromatic rings. The molecule has 2 amide bonds. The lowest BCUT2D eigenvalue weighted by Gasteiger charge is -2.26. The van der Waals surface area contributed by atoms with Crippen LogP contribution in [0, 0.1) is 6.92 Å². The molecule has 0 radical (unpaired) electrons. The molecule has 0 bridgehead atoms. The topological polar surface area (TPSA) is 40.6 Å². The second-order valence-corrected chi connectivity index (χ2v) is 13.4. The summed E-state index contributed by atoms with van der Waals surface area (Å²) in [7, 11) is 0. The lowest BCUT2D eigenvalue weighted by Crippen LogP contribution is -2.29. The first-order valence-electron chi connectivity index (χ1n) is 17.3. The van der Waals surface area contributed by atoms with E-state index in [0.29, 0.717) is 35.6 Å².